The molecule has 110 valence electrons. The maximum absolute atomic E-state index is 13.2. The van der Waals surface area contributed by atoms with E-state index in [0.717, 1.165) is 11.6 Å². The first kappa shape index (κ1) is 13.9. The normalized spacial score (nSPS) is 14.3. The number of rotatable bonds is 2. The molecule has 4 nitrogen and oxygen atoms in total. The van der Waals surface area contributed by atoms with E-state index in [1.54, 1.807) is 19.1 Å². The lowest BCUT2D eigenvalue weighted by Gasteiger charge is -2.21. The molecular weight excluding hydrogens is 291 g/mol. The zero-order chi connectivity index (χ0) is 15.2. The Hall–Kier alpha value is -2.08. The highest BCUT2D eigenvalue weighted by Gasteiger charge is 2.31. The van der Waals surface area contributed by atoms with Crippen molar-refractivity contribution in [1.29, 1.82) is 0 Å². The highest BCUT2D eigenvalue weighted by Crippen LogP contribution is 2.35. The quantitative estimate of drug-likeness (QED) is 0.867. The summed E-state index contributed by atoms with van der Waals surface area (Å²) in [4.78, 5) is 0.124. The van der Waals surface area contributed by atoms with Gasteiger partial charge in [-0.3, -0.25) is 4.31 Å². The number of sulfonamides is 1. The summed E-state index contributed by atoms with van der Waals surface area (Å²) < 4.78 is 40.1. The Morgan fingerprint density at radius 3 is 2.67 bits per heavy atom. The zero-order valence-corrected chi connectivity index (χ0v) is 12.3. The van der Waals surface area contributed by atoms with Gasteiger partial charge >= 0.3 is 0 Å². The zero-order valence-electron chi connectivity index (χ0n) is 11.5. The van der Waals surface area contributed by atoms with Gasteiger partial charge in [0.2, 0.25) is 0 Å². The first-order valence-electron chi connectivity index (χ1n) is 6.57. The summed E-state index contributed by atoms with van der Waals surface area (Å²) in [5.41, 5.74) is 8.23. The number of hydrogen-bond donors (Lipinski definition) is 1. The second-order valence-corrected chi connectivity index (χ2v) is 6.96. The highest BCUT2D eigenvalue weighted by atomic mass is 32.2. The molecule has 6 heteroatoms. The van der Waals surface area contributed by atoms with Crippen molar-refractivity contribution in [3.8, 4) is 0 Å². The van der Waals surface area contributed by atoms with Gasteiger partial charge in [-0.1, -0.05) is 6.07 Å². The predicted molar refractivity (Wildman–Crippen MR) is 80.2 cm³/mol. The van der Waals surface area contributed by atoms with Gasteiger partial charge < -0.3 is 5.73 Å². The van der Waals surface area contributed by atoms with E-state index in [4.69, 9.17) is 5.73 Å². The summed E-state index contributed by atoms with van der Waals surface area (Å²) >= 11 is 0. The lowest BCUT2D eigenvalue weighted by Crippen LogP contribution is -2.29. The fourth-order valence-corrected chi connectivity index (χ4v) is 4.34. The predicted octanol–water partition coefficient (Wildman–Crippen LogP) is 2.47. The van der Waals surface area contributed by atoms with Crippen molar-refractivity contribution in [2.24, 2.45) is 0 Å². The van der Waals surface area contributed by atoms with Gasteiger partial charge in [-0.05, 0) is 54.8 Å². The molecule has 2 aromatic rings. The molecule has 0 fully saturated rings. The monoisotopic (exact) mass is 306 g/mol. The van der Waals surface area contributed by atoms with E-state index in [-0.39, 0.29) is 4.90 Å². The van der Waals surface area contributed by atoms with Crippen LogP contribution in [-0.4, -0.2) is 15.0 Å². The van der Waals surface area contributed by atoms with Crippen LogP contribution in [0.15, 0.2) is 41.3 Å². The Morgan fingerprint density at radius 2 is 1.95 bits per heavy atom. The van der Waals surface area contributed by atoms with Crippen LogP contribution in [0.1, 0.15) is 11.1 Å². The Balaban J connectivity index is 2.11. The van der Waals surface area contributed by atoms with Crippen LogP contribution in [0.4, 0.5) is 15.8 Å². The summed E-state index contributed by atoms with van der Waals surface area (Å²) in [6, 6.07) is 8.97. The second kappa shape index (κ2) is 4.73. The third-order valence-corrected chi connectivity index (χ3v) is 5.64. The lowest BCUT2D eigenvalue weighted by atomic mass is 10.1. The van der Waals surface area contributed by atoms with E-state index in [2.05, 4.69) is 0 Å². The second-order valence-electron chi connectivity index (χ2n) is 5.13. The summed E-state index contributed by atoms with van der Waals surface area (Å²) in [6.07, 6.45) is 0.648. The number of hydrogen-bond acceptors (Lipinski definition) is 3. The number of benzene rings is 2. The van der Waals surface area contributed by atoms with Crippen LogP contribution in [-0.2, 0) is 16.4 Å². The van der Waals surface area contributed by atoms with Crippen LogP contribution < -0.4 is 10.0 Å². The fourth-order valence-electron chi connectivity index (χ4n) is 2.64. The Kier molecular flexibility index (Phi) is 3.13. The van der Waals surface area contributed by atoms with Crippen molar-refractivity contribution in [2.75, 3.05) is 16.6 Å². The van der Waals surface area contributed by atoms with Gasteiger partial charge in [-0.25, -0.2) is 12.8 Å². The molecular formula is C15H15FN2O2S. The van der Waals surface area contributed by atoms with Crippen molar-refractivity contribution in [3.63, 3.8) is 0 Å². The van der Waals surface area contributed by atoms with Crippen molar-refractivity contribution in [3.05, 3.63) is 53.3 Å². The number of anilines is 2. The standard InChI is InChI=1S/C15H15FN2O2S/c1-10-8-12(16)3-5-15(10)21(19,20)18-7-6-11-2-4-13(17)9-14(11)18/h2-5,8-9H,6-7,17H2,1H3. The van der Waals surface area contributed by atoms with Crippen LogP contribution in [0.25, 0.3) is 0 Å². The van der Waals surface area contributed by atoms with Crippen molar-refractivity contribution < 1.29 is 12.8 Å². The van der Waals surface area contributed by atoms with Gasteiger partial charge in [0.05, 0.1) is 10.6 Å². The fraction of sp³-hybridized carbons (Fsp3) is 0.200. The number of fused-ring (bicyclic) bond motifs is 1. The summed E-state index contributed by atoms with van der Waals surface area (Å²) in [5, 5.41) is 0. The van der Waals surface area contributed by atoms with E-state index >= 15 is 0 Å². The Morgan fingerprint density at radius 1 is 1.19 bits per heavy atom. The highest BCUT2D eigenvalue weighted by molar-refractivity contribution is 7.93. The number of aryl methyl sites for hydroxylation is 1. The number of halogens is 1. The van der Waals surface area contributed by atoms with Gasteiger partial charge in [0.25, 0.3) is 10.0 Å². The van der Waals surface area contributed by atoms with Crippen LogP contribution in [0, 0.1) is 12.7 Å². The van der Waals surface area contributed by atoms with E-state index in [0.29, 0.717) is 29.9 Å². The first-order valence-corrected chi connectivity index (χ1v) is 8.01. The lowest BCUT2D eigenvalue weighted by molar-refractivity contribution is 0.590. The molecule has 0 saturated carbocycles. The van der Waals surface area contributed by atoms with Crippen molar-refractivity contribution >= 4 is 21.4 Å². The number of nitrogens with zero attached hydrogens (tertiary/aromatic N) is 1. The maximum atomic E-state index is 13.2. The van der Waals surface area contributed by atoms with E-state index < -0.39 is 15.8 Å². The minimum absolute atomic E-state index is 0.124. The molecule has 0 bridgehead atoms. The van der Waals surface area contributed by atoms with Crippen LogP contribution in [0.5, 0.6) is 0 Å². The summed E-state index contributed by atoms with van der Waals surface area (Å²) in [6.45, 7) is 1.96. The van der Waals surface area contributed by atoms with Crippen LogP contribution >= 0.6 is 0 Å². The SMILES string of the molecule is Cc1cc(F)ccc1S(=O)(=O)N1CCc2ccc(N)cc21. The summed E-state index contributed by atoms with van der Waals surface area (Å²) in [7, 11) is -3.71. The third-order valence-electron chi connectivity index (χ3n) is 3.67. The van der Waals surface area contributed by atoms with E-state index in [1.165, 1.54) is 16.4 Å². The minimum Gasteiger partial charge on any atom is -0.399 e. The topological polar surface area (TPSA) is 63.4 Å². The molecule has 21 heavy (non-hydrogen) atoms. The van der Waals surface area contributed by atoms with Crippen molar-refractivity contribution in [1.82, 2.24) is 0 Å². The molecule has 2 aromatic carbocycles. The minimum atomic E-state index is -3.71. The van der Waals surface area contributed by atoms with E-state index in [1.807, 2.05) is 6.07 Å². The molecule has 0 amide bonds. The molecule has 3 rings (SSSR count). The largest absolute Gasteiger partial charge is 0.399 e. The van der Waals surface area contributed by atoms with Gasteiger partial charge in [-0.2, -0.15) is 0 Å². The Bertz CT molecular complexity index is 818. The maximum Gasteiger partial charge on any atom is 0.264 e. The number of nitrogen functional groups attached to an aromatic ring is 1. The molecule has 0 aliphatic carbocycles. The number of nitrogens with two attached hydrogens (primary N) is 1. The molecule has 0 radical (unpaired) electrons. The molecule has 2 N–H and O–H groups in total. The molecule has 0 spiro atoms. The van der Waals surface area contributed by atoms with Gasteiger partial charge in [-0.15, -0.1) is 0 Å². The summed E-state index contributed by atoms with van der Waals surface area (Å²) in [5.74, 6) is -0.447. The van der Waals surface area contributed by atoms with Crippen molar-refractivity contribution in [2.45, 2.75) is 18.2 Å². The molecule has 0 unspecified atom stereocenters. The van der Waals surface area contributed by atoms with Gasteiger partial charge in [0, 0.05) is 12.2 Å². The molecule has 0 saturated heterocycles. The molecule has 1 aliphatic rings. The van der Waals surface area contributed by atoms with Crippen LogP contribution in [0.3, 0.4) is 0 Å². The molecule has 1 aliphatic heterocycles. The average molecular weight is 306 g/mol. The third kappa shape index (κ3) is 2.25. The molecule has 0 atom stereocenters. The van der Waals surface area contributed by atoms with Gasteiger partial charge in [0.1, 0.15) is 5.82 Å². The Labute approximate surface area is 123 Å². The first-order chi connectivity index (χ1) is 9.89. The van der Waals surface area contributed by atoms with Crippen LogP contribution in [0.2, 0.25) is 0 Å². The molecule has 1 heterocycles. The smallest absolute Gasteiger partial charge is 0.264 e. The average Bonchev–Trinajstić information content (AvgIpc) is 2.81. The van der Waals surface area contributed by atoms with Gasteiger partial charge in [0.15, 0.2) is 0 Å². The van der Waals surface area contributed by atoms with E-state index in [9.17, 15) is 12.8 Å². The molecule has 0 aromatic heterocycles.